The van der Waals surface area contributed by atoms with Crippen LogP contribution < -0.4 is 5.56 Å². The van der Waals surface area contributed by atoms with Crippen molar-refractivity contribution in [2.24, 2.45) is 0 Å². The third-order valence-corrected chi connectivity index (χ3v) is 4.38. The lowest BCUT2D eigenvalue weighted by atomic mass is 10.1. The number of hydrogen-bond acceptors (Lipinski definition) is 4. The van der Waals surface area contributed by atoms with Gasteiger partial charge in [0.15, 0.2) is 0 Å². The molecule has 4 aromatic rings. The molecule has 0 atom stereocenters. The Bertz CT molecular complexity index is 1150. The molecule has 2 aromatic heterocycles. The molecule has 4 rings (SSSR count). The molecular formula is C21H18N4O. The van der Waals surface area contributed by atoms with Gasteiger partial charge in [-0.05, 0) is 37.1 Å². The zero-order valence-electron chi connectivity index (χ0n) is 14.7. The van der Waals surface area contributed by atoms with Gasteiger partial charge in [-0.15, -0.1) is 0 Å². The number of aryl methyl sites for hydroxylation is 2. The number of benzene rings is 2. The zero-order chi connectivity index (χ0) is 18.1. The van der Waals surface area contributed by atoms with Crippen molar-refractivity contribution in [1.82, 2.24) is 19.7 Å². The van der Waals surface area contributed by atoms with Crippen LogP contribution in [0.3, 0.4) is 0 Å². The van der Waals surface area contributed by atoms with Crippen LogP contribution in [0, 0.1) is 13.8 Å². The van der Waals surface area contributed by atoms with E-state index < -0.39 is 0 Å². The van der Waals surface area contributed by atoms with Crippen molar-refractivity contribution in [3.05, 3.63) is 88.0 Å². The molecule has 0 aliphatic heterocycles. The van der Waals surface area contributed by atoms with Crippen LogP contribution in [0.25, 0.3) is 22.3 Å². The summed E-state index contributed by atoms with van der Waals surface area (Å²) in [6.07, 6.45) is 3.33. The standard InChI is InChI=1S/C21H18N4O/c1-14-3-6-17(7-4-14)21-15(2)11-20(26)25(24-21)13-16-5-8-18-19(12-16)23-10-9-22-18/h3-12H,13H2,1-2H3. The minimum atomic E-state index is -0.113. The molecule has 0 saturated heterocycles. The maximum Gasteiger partial charge on any atom is 0.267 e. The third-order valence-electron chi connectivity index (χ3n) is 4.38. The molecule has 2 heterocycles. The second kappa shape index (κ2) is 6.52. The van der Waals surface area contributed by atoms with Gasteiger partial charge in [0.25, 0.3) is 5.56 Å². The largest absolute Gasteiger partial charge is 0.268 e. The molecule has 0 fully saturated rings. The summed E-state index contributed by atoms with van der Waals surface area (Å²) in [6, 6.07) is 15.6. The Labute approximate surface area is 151 Å². The normalized spacial score (nSPS) is 11.0. The Hall–Kier alpha value is -3.34. The van der Waals surface area contributed by atoms with Crippen molar-refractivity contribution in [3.63, 3.8) is 0 Å². The van der Waals surface area contributed by atoms with E-state index in [1.54, 1.807) is 18.5 Å². The molecule has 5 heteroatoms. The minimum absolute atomic E-state index is 0.113. The number of nitrogens with zero attached hydrogens (tertiary/aromatic N) is 4. The van der Waals surface area contributed by atoms with E-state index in [-0.39, 0.29) is 5.56 Å². The summed E-state index contributed by atoms with van der Waals surface area (Å²) >= 11 is 0. The number of hydrogen-bond donors (Lipinski definition) is 0. The molecule has 26 heavy (non-hydrogen) atoms. The van der Waals surface area contributed by atoms with Crippen molar-refractivity contribution in [2.75, 3.05) is 0 Å². The minimum Gasteiger partial charge on any atom is -0.268 e. The van der Waals surface area contributed by atoms with Gasteiger partial charge in [0.1, 0.15) is 0 Å². The van der Waals surface area contributed by atoms with E-state index in [1.165, 1.54) is 10.2 Å². The summed E-state index contributed by atoms with van der Waals surface area (Å²) in [5, 5.41) is 4.62. The van der Waals surface area contributed by atoms with Crippen molar-refractivity contribution >= 4 is 11.0 Å². The lowest BCUT2D eigenvalue weighted by Crippen LogP contribution is -2.24. The predicted molar refractivity (Wildman–Crippen MR) is 102 cm³/mol. The first-order chi connectivity index (χ1) is 12.6. The summed E-state index contributed by atoms with van der Waals surface area (Å²) in [5.74, 6) is 0. The van der Waals surface area contributed by atoms with Crippen LogP contribution in [0.15, 0.2) is 65.7 Å². The lowest BCUT2D eigenvalue weighted by Gasteiger charge is -2.11. The average Bonchev–Trinajstić information content (AvgIpc) is 2.65. The first kappa shape index (κ1) is 16.1. The topological polar surface area (TPSA) is 60.7 Å². The van der Waals surface area contributed by atoms with Crippen LogP contribution in [0.1, 0.15) is 16.7 Å². The molecule has 0 aliphatic carbocycles. The highest BCUT2D eigenvalue weighted by Gasteiger charge is 2.09. The van der Waals surface area contributed by atoms with Crippen LogP contribution in [-0.2, 0) is 6.54 Å². The van der Waals surface area contributed by atoms with Gasteiger partial charge >= 0.3 is 0 Å². The number of rotatable bonds is 3. The molecule has 0 saturated carbocycles. The van der Waals surface area contributed by atoms with Gasteiger partial charge in [0.2, 0.25) is 0 Å². The van der Waals surface area contributed by atoms with Crippen LogP contribution in [0.2, 0.25) is 0 Å². The van der Waals surface area contributed by atoms with Gasteiger partial charge < -0.3 is 0 Å². The number of aromatic nitrogens is 4. The highest BCUT2D eigenvalue weighted by molar-refractivity contribution is 5.74. The quantitative estimate of drug-likeness (QED) is 0.571. The predicted octanol–water partition coefficient (Wildman–Crippen LogP) is 3.52. The molecule has 0 amide bonds. The molecule has 0 radical (unpaired) electrons. The van der Waals surface area contributed by atoms with Crippen molar-refractivity contribution in [1.29, 1.82) is 0 Å². The fourth-order valence-electron chi connectivity index (χ4n) is 2.97. The summed E-state index contributed by atoms with van der Waals surface area (Å²) < 4.78 is 1.50. The highest BCUT2D eigenvalue weighted by Crippen LogP contribution is 2.20. The van der Waals surface area contributed by atoms with E-state index in [0.29, 0.717) is 6.54 Å². The molecule has 0 N–H and O–H groups in total. The Morgan fingerprint density at radius 1 is 0.885 bits per heavy atom. The molecule has 2 aromatic carbocycles. The Morgan fingerprint density at radius 3 is 2.38 bits per heavy atom. The van der Waals surface area contributed by atoms with Gasteiger partial charge in [-0.25, -0.2) is 4.68 Å². The lowest BCUT2D eigenvalue weighted by molar-refractivity contribution is 0.640. The maximum atomic E-state index is 12.4. The van der Waals surface area contributed by atoms with E-state index in [2.05, 4.69) is 15.1 Å². The smallest absolute Gasteiger partial charge is 0.267 e. The SMILES string of the molecule is Cc1ccc(-c2nn(Cc3ccc4nccnc4c3)c(=O)cc2C)cc1. The molecule has 0 spiro atoms. The van der Waals surface area contributed by atoms with E-state index in [0.717, 1.165) is 33.4 Å². The zero-order valence-corrected chi connectivity index (χ0v) is 14.7. The van der Waals surface area contributed by atoms with Crippen LogP contribution in [0.5, 0.6) is 0 Å². The molecule has 0 bridgehead atoms. The molecule has 0 aliphatic rings. The van der Waals surface area contributed by atoms with Crippen molar-refractivity contribution < 1.29 is 0 Å². The van der Waals surface area contributed by atoms with Gasteiger partial charge in [0, 0.05) is 24.0 Å². The van der Waals surface area contributed by atoms with E-state index in [4.69, 9.17) is 0 Å². The van der Waals surface area contributed by atoms with E-state index in [9.17, 15) is 4.79 Å². The second-order valence-corrected chi connectivity index (χ2v) is 6.42. The summed E-state index contributed by atoms with van der Waals surface area (Å²) in [4.78, 5) is 21.0. The van der Waals surface area contributed by atoms with Crippen LogP contribution in [-0.4, -0.2) is 19.7 Å². The average molecular weight is 342 g/mol. The number of fused-ring (bicyclic) bond motifs is 1. The van der Waals surface area contributed by atoms with Crippen LogP contribution >= 0.6 is 0 Å². The maximum absolute atomic E-state index is 12.4. The first-order valence-electron chi connectivity index (χ1n) is 8.45. The van der Waals surface area contributed by atoms with Gasteiger partial charge in [-0.2, -0.15) is 5.10 Å². The summed E-state index contributed by atoms with van der Waals surface area (Å²) in [7, 11) is 0. The molecule has 5 nitrogen and oxygen atoms in total. The first-order valence-corrected chi connectivity index (χ1v) is 8.45. The second-order valence-electron chi connectivity index (χ2n) is 6.42. The monoisotopic (exact) mass is 342 g/mol. The Balaban J connectivity index is 1.74. The third kappa shape index (κ3) is 3.11. The van der Waals surface area contributed by atoms with Gasteiger partial charge in [0.05, 0.1) is 23.3 Å². The Kier molecular flexibility index (Phi) is 4.05. The fourth-order valence-corrected chi connectivity index (χ4v) is 2.97. The Morgan fingerprint density at radius 2 is 1.62 bits per heavy atom. The highest BCUT2D eigenvalue weighted by atomic mass is 16.1. The van der Waals surface area contributed by atoms with Crippen molar-refractivity contribution in [3.8, 4) is 11.3 Å². The van der Waals surface area contributed by atoms with Gasteiger partial charge in [-0.3, -0.25) is 14.8 Å². The van der Waals surface area contributed by atoms with E-state index >= 15 is 0 Å². The molecule has 128 valence electrons. The van der Waals surface area contributed by atoms with Crippen LogP contribution in [0.4, 0.5) is 0 Å². The molecule has 0 unspecified atom stereocenters. The van der Waals surface area contributed by atoms with Gasteiger partial charge in [-0.1, -0.05) is 35.9 Å². The molecular weight excluding hydrogens is 324 g/mol. The summed E-state index contributed by atoms with van der Waals surface area (Å²) in [6.45, 7) is 4.36. The summed E-state index contributed by atoms with van der Waals surface area (Å²) in [5.41, 5.74) is 6.39. The van der Waals surface area contributed by atoms with Crippen molar-refractivity contribution in [2.45, 2.75) is 20.4 Å². The van der Waals surface area contributed by atoms with E-state index in [1.807, 2.05) is 56.3 Å². The fraction of sp³-hybridized carbons (Fsp3) is 0.143.